The van der Waals surface area contributed by atoms with Crippen molar-refractivity contribution in [3.8, 4) is 0 Å². The fourth-order valence-corrected chi connectivity index (χ4v) is 5.84. The van der Waals surface area contributed by atoms with Crippen LogP contribution in [-0.4, -0.2) is 23.5 Å². The standard InChI is InChI=1S/C21H27N3O2/c25-19(22-15-5-1-2-6-15)17-11-14-10-9-13(17)12-21(14)23-18-8-4-3-7-16(18)20(26)24-21/h3-4,7-8,13-15,17,23H,1-2,5-6,9-12H2,(H,22,25)(H,24,26)/t13-,14+,17+,21-/m1/s1. The summed E-state index contributed by atoms with van der Waals surface area (Å²) in [6.07, 6.45) is 8.62. The highest BCUT2D eigenvalue weighted by Crippen LogP contribution is 2.51. The molecule has 0 aromatic heterocycles. The van der Waals surface area contributed by atoms with Crippen LogP contribution in [0.2, 0.25) is 0 Å². The topological polar surface area (TPSA) is 70.2 Å². The van der Waals surface area contributed by atoms with Crippen molar-refractivity contribution in [3.63, 3.8) is 0 Å². The van der Waals surface area contributed by atoms with E-state index in [1.54, 1.807) is 0 Å². The molecule has 4 atom stereocenters. The Morgan fingerprint density at radius 1 is 1.08 bits per heavy atom. The lowest BCUT2D eigenvalue weighted by Gasteiger charge is -2.56. The molecule has 1 spiro atoms. The first-order valence-electron chi connectivity index (χ1n) is 10.1. The minimum atomic E-state index is -0.376. The van der Waals surface area contributed by atoms with Crippen molar-refractivity contribution in [3.05, 3.63) is 29.8 Å². The monoisotopic (exact) mass is 353 g/mol. The molecule has 4 fully saturated rings. The van der Waals surface area contributed by atoms with Crippen LogP contribution in [0.25, 0.3) is 0 Å². The van der Waals surface area contributed by atoms with E-state index >= 15 is 0 Å². The summed E-state index contributed by atoms with van der Waals surface area (Å²) < 4.78 is 0. The lowest BCUT2D eigenvalue weighted by Crippen LogP contribution is -2.68. The van der Waals surface area contributed by atoms with Crippen molar-refractivity contribution in [2.24, 2.45) is 17.8 Å². The number of anilines is 1. The molecule has 3 N–H and O–H groups in total. The number of benzene rings is 1. The predicted molar refractivity (Wildman–Crippen MR) is 99.6 cm³/mol. The van der Waals surface area contributed by atoms with Crippen molar-refractivity contribution < 1.29 is 9.59 Å². The first kappa shape index (κ1) is 16.2. The average Bonchev–Trinajstić information content (AvgIpc) is 3.15. The number of amides is 2. The average molecular weight is 353 g/mol. The summed E-state index contributed by atoms with van der Waals surface area (Å²) in [4.78, 5) is 25.5. The Morgan fingerprint density at radius 3 is 2.65 bits per heavy atom. The van der Waals surface area contributed by atoms with Gasteiger partial charge in [-0.3, -0.25) is 9.59 Å². The van der Waals surface area contributed by atoms with Gasteiger partial charge < -0.3 is 16.0 Å². The molecule has 6 rings (SSSR count). The summed E-state index contributed by atoms with van der Waals surface area (Å²) in [5.41, 5.74) is 1.27. The Kier molecular flexibility index (Phi) is 3.73. The number of rotatable bonds is 2. The number of nitrogens with one attached hydrogen (secondary N) is 3. The van der Waals surface area contributed by atoms with Gasteiger partial charge in [0.15, 0.2) is 0 Å². The first-order chi connectivity index (χ1) is 12.6. The molecule has 4 aliphatic carbocycles. The van der Waals surface area contributed by atoms with Crippen molar-refractivity contribution in [1.82, 2.24) is 10.6 Å². The van der Waals surface area contributed by atoms with E-state index in [2.05, 4.69) is 16.0 Å². The van der Waals surface area contributed by atoms with E-state index in [4.69, 9.17) is 0 Å². The molecule has 2 bridgehead atoms. The van der Waals surface area contributed by atoms with Gasteiger partial charge in [0.1, 0.15) is 5.66 Å². The van der Waals surface area contributed by atoms with Crippen LogP contribution in [-0.2, 0) is 4.79 Å². The molecule has 1 aromatic rings. The van der Waals surface area contributed by atoms with Gasteiger partial charge in [-0.25, -0.2) is 0 Å². The summed E-state index contributed by atoms with van der Waals surface area (Å²) in [7, 11) is 0. The molecule has 5 aliphatic rings. The van der Waals surface area contributed by atoms with Crippen molar-refractivity contribution in [1.29, 1.82) is 0 Å². The maximum atomic E-state index is 12.9. The van der Waals surface area contributed by atoms with Gasteiger partial charge in [0.05, 0.1) is 5.56 Å². The Labute approximate surface area is 154 Å². The van der Waals surface area contributed by atoms with E-state index in [1.807, 2.05) is 24.3 Å². The second kappa shape index (κ2) is 6.00. The Morgan fingerprint density at radius 2 is 1.88 bits per heavy atom. The second-order valence-corrected chi connectivity index (χ2v) is 8.67. The molecule has 0 unspecified atom stereocenters. The second-order valence-electron chi connectivity index (χ2n) is 8.67. The summed E-state index contributed by atoms with van der Waals surface area (Å²) in [6.45, 7) is 0. The molecule has 2 amide bonds. The minimum Gasteiger partial charge on any atom is -0.362 e. The van der Waals surface area contributed by atoms with Crippen LogP contribution in [0.15, 0.2) is 24.3 Å². The molecule has 1 heterocycles. The molecule has 26 heavy (non-hydrogen) atoms. The third-order valence-corrected chi connectivity index (χ3v) is 7.18. The maximum absolute atomic E-state index is 12.9. The Hall–Kier alpha value is -2.04. The highest BCUT2D eigenvalue weighted by atomic mass is 16.2. The highest BCUT2D eigenvalue weighted by Gasteiger charge is 2.55. The van der Waals surface area contributed by atoms with E-state index < -0.39 is 0 Å². The zero-order valence-electron chi connectivity index (χ0n) is 15.1. The van der Waals surface area contributed by atoms with E-state index in [-0.39, 0.29) is 23.4 Å². The Bertz CT molecular complexity index is 743. The molecule has 1 aromatic carbocycles. The third-order valence-electron chi connectivity index (χ3n) is 7.18. The number of carbonyl (C=O) groups excluding carboxylic acids is 2. The SMILES string of the molecule is O=C1N[C@@]2(C[C@H]3CC[C@H]2C[C@@H]3C(=O)NC2CCCC2)Nc2ccccc21. The molecule has 5 heteroatoms. The van der Waals surface area contributed by atoms with Crippen LogP contribution < -0.4 is 16.0 Å². The van der Waals surface area contributed by atoms with E-state index in [1.165, 1.54) is 12.8 Å². The van der Waals surface area contributed by atoms with Crippen molar-refractivity contribution in [2.75, 3.05) is 5.32 Å². The van der Waals surface area contributed by atoms with Gasteiger partial charge in [-0.1, -0.05) is 25.0 Å². The molecule has 138 valence electrons. The third kappa shape index (κ3) is 2.51. The van der Waals surface area contributed by atoms with E-state index in [9.17, 15) is 9.59 Å². The molecule has 0 saturated heterocycles. The maximum Gasteiger partial charge on any atom is 0.255 e. The molecule has 5 nitrogen and oxygen atoms in total. The van der Waals surface area contributed by atoms with Gasteiger partial charge in [-0.05, 0) is 56.6 Å². The zero-order chi connectivity index (χ0) is 17.7. The van der Waals surface area contributed by atoms with Gasteiger partial charge in [0.25, 0.3) is 5.91 Å². The van der Waals surface area contributed by atoms with Crippen LogP contribution in [0, 0.1) is 17.8 Å². The van der Waals surface area contributed by atoms with Crippen LogP contribution in [0.1, 0.15) is 61.7 Å². The van der Waals surface area contributed by atoms with Crippen LogP contribution in [0.5, 0.6) is 0 Å². The summed E-state index contributed by atoms with van der Waals surface area (Å²) >= 11 is 0. The van der Waals surface area contributed by atoms with Gasteiger partial charge in [0.2, 0.25) is 5.91 Å². The molecular formula is C21H27N3O2. The molecule has 0 radical (unpaired) electrons. The molecule has 4 saturated carbocycles. The number of para-hydroxylation sites is 1. The largest absolute Gasteiger partial charge is 0.362 e. The zero-order valence-corrected chi connectivity index (χ0v) is 15.1. The van der Waals surface area contributed by atoms with Crippen LogP contribution in [0.3, 0.4) is 0 Å². The molecular weight excluding hydrogens is 326 g/mol. The van der Waals surface area contributed by atoms with Crippen molar-refractivity contribution in [2.45, 2.75) is 63.1 Å². The predicted octanol–water partition coefficient (Wildman–Crippen LogP) is 3.03. The Balaban J connectivity index is 1.34. The van der Waals surface area contributed by atoms with Gasteiger partial charge in [-0.15, -0.1) is 0 Å². The number of fused-ring (bicyclic) bond motifs is 3. The molecule has 1 aliphatic heterocycles. The highest BCUT2D eigenvalue weighted by molar-refractivity contribution is 6.02. The van der Waals surface area contributed by atoms with Gasteiger partial charge in [-0.2, -0.15) is 0 Å². The fraction of sp³-hybridized carbons (Fsp3) is 0.619. The van der Waals surface area contributed by atoms with Gasteiger partial charge in [0, 0.05) is 23.6 Å². The van der Waals surface area contributed by atoms with E-state index in [0.29, 0.717) is 17.9 Å². The quantitative estimate of drug-likeness (QED) is 0.765. The van der Waals surface area contributed by atoms with Gasteiger partial charge >= 0.3 is 0 Å². The van der Waals surface area contributed by atoms with E-state index in [0.717, 1.165) is 49.8 Å². The van der Waals surface area contributed by atoms with Crippen LogP contribution in [0.4, 0.5) is 5.69 Å². The normalized spacial score (nSPS) is 35.7. The number of hydrogen-bond donors (Lipinski definition) is 3. The fourth-order valence-electron chi connectivity index (χ4n) is 5.84. The summed E-state index contributed by atoms with van der Waals surface area (Å²) in [6, 6.07) is 8.11. The summed E-state index contributed by atoms with van der Waals surface area (Å²) in [5.74, 6) is 1.03. The number of carbonyl (C=O) groups is 2. The minimum absolute atomic E-state index is 0.0128. The lowest BCUT2D eigenvalue weighted by atomic mass is 9.58. The smallest absolute Gasteiger partial charge is 0.255 e. The first-order valence-corrected chi connectivity index (χ1v) is 10.1. The summed E-state index contributed by atoms with van der Waals surface area (Å²) in [5, 5.41) is 10.2. The van der Waals surface area contributed by atoms with Crippen molar-refractivity contribution >= 4 is 17.5 Å². The lowest BCUT2D eigenvalue weighted by molar-refractivity contribution is -0.132. The van der Waals surface area contributed by atoms with Crippen LogP contribution >= 0.6 is 0 Å². The number of hydrogen-bond acceptors (Lipinski definition) is 3.